The Morgan fingerprint density at radius 1 is 1.36 bits per heavy atom. The highest BCUT2D eigenvalue weighted by Crippen LogP contribution is 2.30. The van der Waals surface area contributed by atoms with E-state index < -0.39 is 16.4 Å². The zero-order valence-corrected chi connectivity index (χ0v) is 9.93. The highest BCUT2D eigenvalue weighted by Gasteiger charge is 2.39. The van der Waals surface area contributed by atoms with Crippen LogP contribution in [0.5, 0.6) is 0 Å². The highest BCUT2D eigenvalue weighted by atomic mass is 32.1. The number of aliphatic hydroxyl groups is 1. The molecular weight excluding hydrogens is 194 g/mol. The summed E-state index contributed by atoms with van der Waals surface area (Å²) < 4.78 is -0.430. The van der Waals surface area contributed by atoms with E-state index in [0.717, 1.165) is 0 Å². The summed E-state index contributed by atoms with van der Waals surface area (Å²) in [5.74, 6) is 0. The summed E-state index contributed by atoms with van der Waals surface area (Å²) in [6, 6.07) is -0.422. The fourth-order valence-electron chi connectivity index (χ4n) is 1.49. The molecule has 3 N–H and O–H groups in total. The van der Waals surface area contributed by atoms with Gasteiger partial charge >= 0.3 is 0 Å². The van der Waals surface area contributed by atoms with Crippen molar-refractivity contribution in [3.05, 3.63) is 25.3 Å². The van der Waals surface area contributed by atoms with Crippen molar-refractivity contribution in [3.63, 3.8) is 0 Å². The number of hydrogen-bond acceptors (Lipinski definition) is 3. The van der Waals surface area contributed by atoms with Crippen LogP contribution in [-0.2, 0) is 0 Å². The van der Waals surface area contributed by atoms with Crippen LogP contribution in [0.4, 0.5) is 0 Å². The minimum absolute atomic E-state index is 0.422. The predicted octanol–water partition coefficient (Wildman–Crippen LogP) is 1.91. The van der Waals surface area contributed by atoms with Crippen molar-refractivity contribution in [1.29, 1.82) is 0 Å². The largest absolute Gasteiger partial charge is 0.388 e. The molecule has 14 heavy (non-hydrogen) atoms. The first kappa shape index (κ1) is 13.8. The Morgan fingerprint density at radius 2 is 1.71 bits per heavy atom. The van der Waals surface area contributed by atoms with Gasteiger partial charge in [0.1, 0.15) is 0 Å². The lowest BCUT2D eigenvalue weighted by atomic mass is 9.81. The molecule has 0 aliphatic rings. The van der Waals surface area contributed by atoms with Crippen LogP contribution in [0.3, 0.4) is 0 Å². The summed E-state index contributed by atoms with van der Waals surface area (Å²) in [6.45, 7) is 11.0. The second-order valence-corrected chi connectivity index (χ2v) is 5.37. The van der Waals surface area contributed by atoms with Crippen LogP contribution >= 0.6 is 12.6 Å². The van der Waals surface area contributed by atoms with Crippen LogP contribution in [0.1, 0.15) is 26.7 Å². The smallest absolute Gasteiger partial charge is 0.0879 e. The van der Waals surface area contributed by atoms with Gasteiger partial charge in [0.25, 0.3) is 0 Å². The van der Waals surface area contributed by atoms with E-state index in [4.69, 9.17) is 5.73 Å². The summed E-state index contributed by atoms with van der Waals surface area (Å²) in [5, 5.41) is 10.3. The first-order chi connectivity index (χ1) is 6.28. The number of hydrogen-bond donors (Lipinski definition) is 3. The van der Waals surface area contributed by atoms with Crippen molar-refractivity contribution in [2.45, 2.75) is 43.1 Å². The van der Waals surface area contributed by atoms with Gasteiger partial charge in [0.15, 0.2) is 0 Å². The molecule has 0 bridgehead atoms. The Morgan fingerprint density at radius 3 is 1.93 bits per heavy atom. The maximum Gasteiger partial charge on any atom is 0.0879 e. The van der Waals surface area contributed by atoms with Gasteiger partial charge in [0, 0.05) is 10.8 Å². The van der Waals surface area contributed by atoms with Gasteiger partial charge in [-0.05, 0) is 26.7 Å². The number of thiol groups is 1. The molecule has 0 aromatic carbocycles. The Balaban J connectivity index is 4.79. The Hall–Kier alpha value is -0.250. The third-order valence-corrected chi connectivity index (χ3v) is 2.61. The average Bonchev–Trinajstić information content (AvgIpc) is 2.02. The molecule has 0 aromatic heterocycles. The minimum Gasteiger partial charge on any atom is -0.388 e. The SMILES string of the molecule is C=CCC(O)(CC=C)C(N)C(C)(C)S. The minimum atomic E-state index is -0.991. The van der Waals surface area contributed by atoms with Gasteiger partial charge in [-0.25, -0.2) is 0 Å². The van der Waals surface area contributed by atoms with E-state index in [-0.39, 0.29) is 0 Å². The summed E-state index contributed by atoms with van der Waals surface area (Å²) in [5.41, 5.74) is 4.99. The van der Waals surface area contributed by atoms with Crippen molar-refractivity contribution in [3.8, 4) is 0 Å². The predicted molar refractivity (Wildman–Crippen MR) is 65.6 cm³/mol. The van der Waals surface area contributed by atoms with Gasteiger partial charge in [-0.15, -0.1) is 13.2 Å². The lowest BCUT2D eigenvalue weighted by molar-refractivity contribution is 0.0110. The summed E-state index contributed by atoms with van der Waals surface area (Å²) >= 11 is 4.38. The van der Waals surface area contributed by atoms with Crippen LogP contribution in [-0.4, -0.2) is 21.5 Å². The molecule has 1 unspecified atom stereocenters. The van der Waals surface area contributed by atoms with Crippen LogP contribution in [0.25, 0.3) is 0 Å². The van der Waals surface area contributed by atoms with E-state index in [2.05, 4.69) is 25.8 Å². The van der Waals surface area contributed by atoms with Gasteiger partial charge in [-0.1, -0.05) is 12.2 Å². The zero-order chi connectivity index (χ0) is 11.4. The summed E-state index contributed by atoms with van der Waals surface area (Å²) in [7, 11) is 0. The summed E-state index contributed by atoms with van der Waals surface area (Å²) in [6.07, 6.45) is 4.24. The van der Waals surface area contributed by atoms with Crippen LogP contribution in [0.15, 0.2) is 25.3 Å². The molecule has 0 spiro atoms. The topological polar surface area (TPSA) is 46.2 Å². The molecule has 1 atom stereocenters. The average molecular weight is 215 g/mol. The molecule has 2 nitrogen and oxygen atoms in total. The van der Waals surface area contributed by atoms with Crippen molar-refractivity contribution in [1.82, 2.24) is 0 Å². The Kier molecular flexibility index (Phi) is 4.92. The van der Waals surface area contributed by atoms with Crippen molar-refractivity contribution in [2.75, 3.05) is 0 Å². The van der Waals surface area contributed by atoms with E-state index in [1.54, 1.807) is 12.2 Å². The van der Waals surface area contributed by atoms with Crippen molar-refractivity contribution >= 4 is 12.6 Å². The number of nitrogens with two attached hydrogens (primary N) is 1. The van der Waals surface area contributed by atoms with Gasteiger partial charge in [-0.3, -0.25) is 0 Å². The fourth-order valence-corrected chi connectivity index (χ4v) is 1.73. The lowest BCUT2D eigenvalue weighted by Gasteiger charge is -2.39. The first-order valence-electron chi connectivity index (χ1n) is 4.70. The molecule has 0 heterocycles. The lowest BCUT2D eigenvalue weighted by Crippen LogP contribution is -2.56. The zero-order valence-electron chi connectivity index (χ0n) is 9.03. The van der Waals surface area contributed by atoms with E-state index in [9.17, 15) is 5.11 Å². The molecule has 0 amide bonds. The van der Waals surface area contributed by atoms with Gasteiger partial charge in [0.05, 0.1) is 5.60 Å². The molecule has 0 fully saturated rings. The Bertz CT molecular complexity index is 198. The van der Waals surface area contributed by atoms with Crippen LogP contribution in [0.2, 0.25) is 0 Å². The molecular formula is C11H21NOS. The molecule has 0 aliphatic carbocycles. The number of rotatable bonds is 6. The second kappa shape index (κ2) is 5.01. The van der Waals surface area contributed by atoms with Gasteiger partial charge in [0.2, 0.25) is 0 Å². The fraction of sp³-hybridized carbons (Fsp3) is 0.636. The van der Waals surface area contributed by atoms with Crippen LogP contribution < -0.4 is 5.73 Å². The molecule has 0 radical (unpaired) electrons. The molecule has 82 valence electrons. The van der Waals surface area contributed by atoms with E-state index in [0.29, 0.717) is 12.8 Å². The Labute approximate surface area is 92.3 Å². The van der Waals surface area contributed by atoms with E-state index in [1.807, 2.05) is 13.8 Å². The molecule has 0 aliphatic heterocycles. The standard InChI is InChI=1S/C11H21NOS/c1-5-7-11(13,8-6-2)9(12)10(3,4)14/h5-6,9,13-14H,1-2,7-8,12H2,3-4H3. The van der Waals surface area contributed by atoms with Crippen molar-refractivity contribution in [2.24, 2.45) is 5.73 Å². The highest BCUT2D eigenvalue weighted by molar-refractivity contribution is 7.81. The van der Waals surface area contributed by atoms with E-state index >= 15 is 0 Å². The monoisotopic (exact) mass is 215 g/mol. The molecule has 3 heteroatoms. The maximum atomic E-state index is 10.3. The third kappa shape index (κ3) is 3.48. The first-order valence-corrected chi connectivity index (χ1v) is 5.15. The molecule has 0 saturated heterocycles. The molecule has 0 aromatic rings. The van der Waals surface area contributed by atoms with Gasteiger partial charge in [-0.2, -0.15) is 12.6 Å². The van der Waals surface area contributed by atoms with Crippen molar-refractivity contribution < 1.29 is 5.11 Å². The molecule has 0 rings (SSSR count). The third-order valence-electron chi connectivity index (χ3n) is 2.34. The van der Waals surface area contributed by atoms with Gasteiger partial charge < -0.3 is 10.8 Å². The quantitative estimate of drug-likeness (QED) is 0.468. The van der Waals surface area contributed by atoms with Crippen LogP contribution in [0, 0.1) is 0 Å². The van der Waals surface area contributed by atoms with E-state index in [1.165, 1.54) is 0 Å². The normalized spacial score (nSPS) is 14.9. The second-order valence-electron chi connectivity index (χ2n) is 4.22. The molecule has 0 saturated carbocycles. The maximum absolute atomic E-state index is 10.3. The summed E-state index contributed by atoms with van der Waals surface area (Å²) in [4.78, 5) is 0.